The van der Waals surface area contributed by atoms with Gasteiger partial charge in [-0.15, -0.1) is 0 Å². The molecule has 1 aliphatic rings. The average molecular weight is 385 g/mol. The van der Waals surface area contributed by atoms with Crippen molar-refractivity contribution in [1.82, 2.24) is 4.98 Å². The topological polar surface area (TPSA) is 43.5 Å². The molecule has 5 rings (SSSR count). The van der Waals surface area contributed by atoms with E-state index >= 15 is 0 Å². The molecule has 1 unspecified atom stereocenters. The lowest BCUT2D eigenvalue weighted by molar-refractivity contribution is 0.391. The van der Waals surface area contributed by atoms with Gasteiger partial charge >= 0.3 is 0 Å². The summed E-state index contributed by atoms with van der Waals surface area (Å²) in [5.41, 5.74) is 8.31. The van der Waals surface area contributed by atoms with Crippen LogP contribution in [0.2, 0.25) is 0 Å². The van der Waals surface area contributed by atoms with Crippen LogP contribution in [0.1, 0.15) is 28.3 Å². The standard InChI is InChI=1S/C25H23NO3/c1-14-23(18-7-5-6-8-21(18)26-14)25-20-11-15(27-2)9-10-17(20)19-12-16(28-3)13-22(29-4)24(19)25/h5-13,25-26H,1-4H3. The smallest absolute Gasteiger partial charge is 0.127 e. The van der Waals surface area contributed by atoms with Crippen molar-refractivity contribution in [3.8, 4) is 28.4 Å². The third kappa shape index (κ3) is 2.52. The SMILES string of the molecule is COc1cc(OC)c2c(c1)-c1ccc(OC)cc1C2c1c(C)[nH]c2ccccc12. The Balaban J connectivity index is 1.88. The van der Waals surface area contributed by atoms with E-state index in [1.807, 2.05) is 12.1 Å². The molecular weight excluding hydrogens is 362 g/mol. The molecule has 0 saturated carbocycles. The highest BCUT2D eigenvalue weighted by Crippen LogP contribution is 2.55. The van der Waals surface area contributed by atoms with E-state index < -0.39 is 0 Å². The molecule has 1 heterocycles. The van der Waals surface area contributed by atoms with Crippen molar-refractivity contribution in [3.05, 3.63) is 77.0 Å². The van der Waals surface area contributed by atoms with Crippen molar-refractivity contribution in [2.45, 2.75) is 12.8 Å². The zero-order valence-electron chi connectivity index (χ0n) is 17.0. The minimum absolute atomic E-state index is 0.0482. The highest BCUT2D eigenvalue weighted by atomic mass is 16.5. The molecule has 0 bridgehead atoms. The maximum atomic E-state index is 5.85. The van der Waals surface area contributed by atoms with Crippen molar-refractivity contribution in [2.75, 3.05) is 21.3 Å². The third-order valence-electron chi connectivity index (χ3n) is 5.95. The van der Waals surface area contributed by atoms with E-state index in [2.05, 4.69) is 54.4 Å². The Morgan fingerprint density at radius 3 is 2.31 bits per heavy atom. The first-order chi connectivity index (χ1) is 14.2. The van der Waals surface area contributed by atoms with E-state index in [0.29, 0.717) is 0 Å². The van der Waals surface area contributed by atoms with Crippen LogP contribution in [0.15, 0.2) is 54.6 Å². The highest BCUT2D eigenvalue weighted by Gasteiger charge is 2.36. The summed E-state index contributed by atoms with van der Waals surface area (Å²) in [5, 5.41) is 1.23. The van der Waals surface area contributed by atoms with Gasteiger partial charge in [-0.25, -0.2) is 0 Å². The Hall–Kier alpha value is -3.40. The Kier molecular flexibility index (Phi) is 4.02. The summed E-state index contributed by atoms with van der Waals surface area (Å²) in [7, 11) is 5.11. The number of hydrogen-bond acceptors (Lipinski definition) is 3. The van der Waals surface area contributed by atoms with E-state index in [-0.39, 0.29) is 5.92 Å². The van der Waals surface area contributed by atoms with Gasteiger partial charge in [0.25, 0.3) is 0 Å². The molecular formula is C25H23NO3. The van der Waals surface area contributed by atoms with Crippen molar-refractivity contribution in [3.63, 3.8) is 0 Å². The third-order valence-corrected chi connectivity index (χ3v) is 5.95. The van der Waals surface area contributed by atoms with Gasteiger partial charge in [0.15, 0.2) is 0 Å². The summed E-state index contributed by atoms with van der Waals surface area (Å²) in [6.07, 6.45) is 0. The first kappa shape index (κ1) is 17.7. The van der Waals surface area contributed by atoms with E-state index in [1.54, 1.807) is 21.3 Å². The second-order valence-corrected chi connectivity index (χ2v) is 7.39. The molecule has 1 aromatic heterocycles. The fourth-order valence-corrected chi connectivity index (χ4v) is 4.69. The lowest BCUT2D eigenvalue weighted by atomic mass is 9.87. The molecule has 0 spiro atoms. The summed E-state index contributed by atoms with van der Waals surface area (Å²) in [4.78, 5) is 3.56. The van der Waals surface area contributed by atoms with Gasteiger partial charge in [0, 0.05) is 34.1 Å². The number of para-hydroxylation sites is 1. The van der Waals surface area contributed by atoms with E-state index in [1.165, 1.54) is 27.6 Å². The lowest BCUT2D eigenvalue weighted by Gasteiger charge is -2.18. The fraction of sp³-hybridized carbons (Fsp3) is 0.200. The van der Waals surface area contributed by atoms with Gasteiger partial charge in [0.2, 0.25) is 0 Å². The van der Waals surface area contributed by atoms with Gasteiger partial charge in [-0.2, -0.15) is 0 Å². The van der Waals surface area contributed by atoms with E-state index in [9.17, 15) is 0 Å². The Labute approximate surface area is 170 Å². The van der Waals surface area contributed by atoms with Crippen LogP contribution in [0.25, 0.3) is 22.0 Å². The largest absolute Gasteiger partial charge is 0.497 e. The summed E-state index contributed by atoms with van der Waals surface area (Å²) in [6.45, 7) is 2.14. The summed E-state index contributed by atoms with van der Waals surface area (Å²) in [6, 6.07) is 18.8. The van der Waals surface area contributed by atoms with Crippen LogP contribution in [0.5, 0.6) is 17.2 Å². The molecule has 0 aliphatic heterocycles. The van der Waals surface area contributed by atoms with Gasteiger partial charge < -0.3 is 19.2 Å². The molecule has 1 N–H and O–H groups in total. The summed E-state index contributed by atoms with van der Waals surface area (Å²) in [5.74, 6) is 2.53. The number of methoxy groups -OCH3 is 3. The van der Waals surface area contributed by atoms with Crippen LogP contribution in [-0.4, -0.2) is 26.3 Å². The molecule has 1 atom stereocenters. The Morgan fingerprint density at radius 1 is 0.759 bits per heavy atom. The number of ether oxygens (including phenoxy) is 3. The summed E-state index contributed by atoms with van der Waals surface area (Å²) < 4.78 is 17.0. The number of hydrogen-bond donors (Lipinski definition) is 1. The molecule has 3 aromatic carbocycles. The second kappa shape index (κ2) is 6.59. The van der Waals surface area contributed by atoms with Crippen LogP contribution in [0, 0.1) is 6.92 Å². The van der Waals surface area contributed by atoms with Crippen LogP contribution in [0.4, 0.5) is 0 Å². The van der Waals surface area contributed by atoms with Crippen LogP contribution in [0.3, 0.4) is 0 Å². The van der Waals surface area contributed by atoms with Crippen molar-refractivity contribution >= 4 is 10.9 Å². The molecule has 4 nitrogen and oxygen atoms in total. The number of H-pyrrole nitrogens is 1. The maximum absolute atomic E-state index is 5.85. The average Bonchev–Trinajstić information content (AvgIpc) is 3.25. The van der Waals surface area contributed by atoms with Crippen LogP contribution >= 0.6 is 0 Å². The molecule has 0 fully saturated rings. The number of aromatic nitrogens is 1. The van der Waals surface area contributed by atoms with Gasteiger partial charge in [-0.05, 0) is 53.4 Å². The lowest BCUT2D eigenvalue weighted by Crippen LogP contribution is -2.03. The number of aromatic amines is 1. The van der Waals surface area contributed by atoms with Crippen LogP contribution < -0.4 is 14.2 Å². The van der Waals surface area contributed by atoms with Gasteiger partial charge in [0.05, 0.1) is 21.3 Å². The second-order valence-electron chi connectivity index (χ2n) is 7.39. The molecule has 0 radical (unpaired) electrons. The Morgan fingerprint density at radius 2 is 1.55 bits per heavy atom. The molecule has 29 heavy (non-hydrogen) atoms. The highest BCUT2D eigenvalue weighted by molar-refractivity contribution is 5.91. The zero-order chi connectivity index (χ0) is 20.1. The molecule has 1 aliphatic carbocycles. The van der Waals surface area contributed by atoms with E-state index in [0.717, 1.165) is 34.0 Å². The van der Waals surface area contributed by atoms with Gasteiger partial charge in [0.1, 0.15) is 17.2 Å². The minimum atomic E-state index is 0.0482. The number of rotatable bonds is 4. The first-order valence-electron chi connectivity index (χ1n) is 9.67. The quantitative estimate of drug-likeness (QED) is 0.434. The number of fused-ring (bicyclic) bond motifs is 4. The molecule has 4 aromatic rings. The monoisotopic (exact) mass is 385 g/mol. The zero-order valence-corrected chi connectivity index (χ0v) is 17.0. The number of nitrogens with one attached hydrogen (secondary N) is 1. The fourth-order valence-electron chi connectivity index (χ4n) is 4.69. The predicted octanol–water partition coefficient (Wildman–Crippen LogP) is 5.66. The number of benzene rings is 3. The first-order valence-corrected chi connectivity index (χ1v) is 9.67. The van der Waals surface area contributed by atoms with Crippen molar-refractivity contribution in [2.24, 2.45) is 0 Å². The molecule has 146 valence electrons. The van der Waals surface area contributed by atoms with Gasteiger partial charge in [-0.1, -0.05) is 24.3 Å². The Bertz CT molecular complexity index is 1240. The van der Waals surface area contributed by atoms with Crippen molar-refractivity contribution in [1.29, 1.82) is 0 Å². The van der Waals surface area contributed by atoms with Crippen molar-refractivity contribution < 1.29 is 14.2 Å². The molecule has 0 amide bonds. The predicted molar refractivity (Wildman–Crippen MR) is 116 cm³/mol. The molecule has 0 saturated heterocycles. The normalized spacial score (nSPS) is 14.6. The number of aryl methyl sites for hydroxylation is 1. The van der Waals surface area contributed by atoms with Crippen LogP contribution in [-0.2, 0) is 0 Å². The molecule has 4 heteroatoms. The summed E-state index contributed by atoms with van der Waals surface area (Å²) >= 11 is 0. The van der Waals surface area contributed by atoms with Gasteiger partial charge in [-0.3, -0.25) is 0 Å². The minimum Gasteiger partial charge on any atom is -0.497 e. The van der Waals surface area contributed by atoms with E-state index in [4.69, 9.17) is 14.2 Å². The maximum Gasteiger partial charge on any atom is 0.127 e.